The Hall–Kier alpha value is -3.03. The van der Waals surface area contributed by atoms with E-state index in [0.717, 1.165) is 5.57 Å². The SMILES string of the molecule is COc1c(C)c(OCC=C(C)C)c2c(c1C(=O)O)C(=O)N(C(CC(C)C)C(=O)O)C2. The molecule has 0 bridgehead atoms. The summed E-state index contributed by atoms with van der Waals surface area (Å²) in [6, 6.07) is -1.07. The highest BCUT2D eigenvalue weighted by Crippen LogP contribution is 2.44. The van der Waals surface area contributed by atoms with Crippen molar-refractivity contribution in [2.75, 3.05) is 13.7 Å². The van der Waals surface area contributed by atoms with Crippen LogP contribution in [0.5, 0.6) is 11.5 Å². The first-order chi connectivity index (χ1) is 14.0. The number of ether oxygens (including phenoxy) is 2. The standard InChI is InChI=1S/C22H29NO7/c1-11(2)7-8-30-18-13(5)19(29-6)17(22(27)28)16-14(18)10-23(20(16)24)15(21(25)26)9-12(3)4/h7,12,15H,8-10H2,1-6H3,(H,25,26)(H,27,28). The zero-order valence-electron chi connectivity index (χ0n) is 18.2. The molecular weight excluding hydrogens is 390 g/mol. The topological polar surface area (TPSA) is 113 Å². The Kier molecular flexibility index (Phi) is 7.12. The van der Waals surface area contributed by atoms with Crippen LogP contribution in [0.3, 0.4) is 0 Å². The lowest BCUT2D eigenvalue weighted by atomic mass is 9.96. The molecule has 0 saturated heterocycles. The van der Waals surface area contributed by atoms with Gasteiger partial charge in [-0.15, -0.1) is 0 Å². The fourth-order valence-corrected chi connectivity index (χ4v) is 3.67. The second-order valence-electron chi connectivity index (χ2n) is 8.03. The first kappa shape index (κ1) is 23.3. The van der Waals surface area contributed by atoms with Crippen molar-refractivity contribution in [3.8, 4) is 11.5 Å². The summed E-state index contributed by atoms with van der Waals surface area (Å²) in [7, 11) is 1.33. The monoisotopic (exact) mass is 419 g/mol. The van der Waals surface area contributed by atoms with E-state index in [1.54, 1.807) is 6.92 Å². The van der Waals surface area contributed by atoms with Crippen molar-refractivity contribution < 1.29 is 34.1 Å². The summed E-state index contributed by atoms with van der Waals surface area (Å²) < 4.78 is 11.2. The Morgan fingerprint density at radius 2 is 1.83 bits per heavy atom. The maximum absolute atomic E-state index is 13.2. The lowest BCUT2D eigenvalue weighted by molar-refractivity contribution is -0.143. The number of aliphatic carboxylic acids is 1. The minimum Gasteiger partial charge on any atom is -0.495 e. The number of amides is 1. The van der Waals surface area contributed by atoms with Crippen LogP contribution in [-0.4, -0.2) is 52.7 Å². The summed E-state index contributed by atoms with van der Waals surface area (Å²) in [5.74, 6) is -2.65. The van der Waals surface area contributed by atoms with Gasteiger partial charge >= 0.3 is 11.9 Å². The number of carbonyl (C=O) groups excluding carboxylic acids is 1. The molecule has 1 aromatic carbocycles. The molecule has 0 fully saturated rings. The summed E-state index contributed by atoms with van der Waals surface area (Å²) in [6.45, 7) is 9.44. The van der Waals surface area contributed by atoms with E-state index in [4.69, 9.17) is 9.47 Å². The fraction of sp³-hybridized carbons (Fsp3) is 0.500. The molecule has 2 rings (SSSR count). The quantitative estimate of drug-likeness (QED) is 0.589. The van der Waals surface area contributed by atoms with Gasteiger partial charge in [-0.2, -0.15) is 0 Å². The average Bonchev–Trinajstić information content (AvgIpc) is 2.96. The van der Waals surface area contributed by atoms with E-state index in [-0.39, 0.29) is 42.4 Å². The Bertz CT molecular complexity index is 897. The Labute approximate surface area is 176 Å². The second kappa shape index (κ2) is 9.19. The number of methoxy groups -OCH3 is 1. The largest absolute Gasteiger partial charge is 0.495 e. The minimum absolute atomic E-state index is 0.0335. The van der Waals surface area contributed by atoms with Crippen LogP contribution in [0.15, 0.2) is 11.6 Å². The highest BCUT2D eigenvalue weighted by atomic mass is 16.5. The third-order valence-electron chi connectivity index (χ3n) is 5.03. The summed E-state index contributed by atoms with van der Waals surface area (Å²) in [4.78, 5) is 38.4. The first-order valence-corrected chi connectivity index (χ1v) is 9.77. The lowest BCUT2D eigenvalue weighted by Gasteiger charge is -2.25. The molecule has 1 aromatic rings. The molecule has 0 aliphatic carbocycles. The van der Waals surface area contributed by atoms with Crippen LogP contribution in [-0.2, 0) is 11.3 Å². The number of hydrogen-bond acceptors (Lipinski definition) is 5. The molecule has 8 heteroatoms. The molecule has 30 heavy (non-hydrogen) atoms. The predicted octanol–water partition coefficient (Wildman–Crippen LogP) is 3.50. The average molecular weight is 419 g/mol. The maximum Gasteiger partial charge on any atom is 0.340 e. The molecule has 1 aliphatic heterocycles. The molecule has 0 radical (unpaired) electrons. The van der Waals surface area contributed by atoms with E-state index in [9.17, 15) is 24.6 Å². The van der Waals surface area contributed by atoms with Crippen molar-refractivity contribution in [1.29, 1.82) is 0 Å². The van der Waals surface area contributed by atoms with Crippen molar-refractivity contribution in [2.24, 2.45) is 5.92 Å². The molecule has 1 atom stereocenters. The van der Waals surface area contributed by atoms with Gasteiger partial charge in [0.25, 0.3) is 5.91 Å². The number of carboxylic acid groups (broad SMARTS) is 2. The summed E-state index contributed by atoms with van der Waals surface area (Å²) >= 11 is 0. The number of aromatic carboxylic acids is 1. The highest BCUT2D eigenvalue weighted by Gasteiger charge is 2.43. The third-order valence-corrected chi connectivity index (χ3v) is 5.03. The van der Waals surface area contributed by atoms with Gasteiger partial charge in [0.1, 0.15) is 29.7 Å². The van der Waals surface area contributed by atoms with Crippen LogP contribution in [0.1, 0.15) is 66.0 Å². The Morgan fingerprint density at radius 3 is 2.30 bits per heavy atom. The maximum atomic E-state index is 13.2. The van der Waals surface area contributed by atoms with E-state index in [2.05, 4.69) is 0 Å². The molecule has 1 aliphatic rings. The number of carboxylic acids is 2. The van der Waals surface area contributed by atoms with Gasteiger partial charge in [-0.1, -0.05) is 19.4 Å². The summed E-state index contributed by atoms with van der Waals surface area (Å²) in [5.41, 5.74) is 1.56. The molecule has 0 spiro atoms. The van der Waals surface area contributed by atoms with Crippen molar-refractivity contribution in [3.63, 3.8) is 0 Å². The van der Waals surface area contributed by atoms with Crippen molar-refractivity contribution >= 4 is 17.8 Å². The van der Waals surface area contributed by atoms with Gasteiger partial charge in [-0.3, -0.25) is 4.79 Å². The predicted molar refractivity (Wildman–Crippen MR) is 110 cm³/mol. The van der Waals surface area contributed by atoms with E-state index in [0.29, 0.717) is 16.9 Å². The number of carbonyl (C=O) groups is 3. The van der Waals surface area contributed by atoms with Gasteiger partial charge in [0, 0.05) is 11.1 Å². The third kappa shape index (κ3) is 4.42. The van der Waals surface area contributed by atoms with Gasteiger partial charge < -0.3 is 24.6 Å². The number of allylic oxidation sites excluding steroid dienone is 1. The molecule has 1 amide bonds. The van der Waals surface area contributed by atoms with E-state index in [1.165, 1.54) is 12.0 Å². The van der Waals surface area contributed by atoms with Crippen LogP contribution < -0.4 is 9.47 Å². The van der Waals surface area contributed by atoms with Gasteiger partial charge in [-0.25, -0.2) is 9.59 Å². The number of rotatable bonds is 9. The first-order valence-electron chi connectivity index (χ1n) is 9.77. The van der Waals surface area contributed by atoms with E-state index in [1.807, 2.05) is 33.8 Å². The van der Waals surface area contributed by atoms with E-state index < -0.39 is 23.9 Å². The highest BCUT2D eigenvalue weighted by molar-refractivity contribution is 6.11. The molecule has 164 valence electrons. The second-order valence-corrected chi connectivity index (χ2v) is 8.03. The van der Waals surface area contributed by atoms with Gasteiger partial charge in [0.2, 0.25) is 0 Å². The van der Waals surface area contributed by atoms with Crippen molar-refractivity contribution in [3.05, 3.63) is 33.9 Å². The van der Waals surface area contributed by atoms with Crippen molar-refractivity contribution in [1.82, 2.24) is 4.90 Å². The van der Waals surface area contributed by atoms with Crippen LogP contribution in [0.2, 0.25) is 0 Å². The van der Waals surface area contributed by atoms with Crippen LogP contribution >= 0.6 is 0 Å². The molecule has 1 unspecified atom stereocenters. The van der Waals surface area contributed by atoms with Gasteiger partial charge in [0.15, 0.2) is 0 Å². The zero-order valence-corrected chi connectivity index (χ0v) is 18.2. The van der Waals surface area contributed by atoms with Gasteiger partial charge in [0.05, 0.1) is 19.2 Å². The fourth-order valence-electron chi connectivity index (χ4n) is 3.67. The number of fused-ring (bicyclic) bond motifs is 1. The molecular formula is C22H29NO7. The molecule has 2 N–H and O–H groups in total. The van der Waals surface area contributed by atoms with Crippen LogP contribution in [0.25, 0.3) is 0 Å². The summed E-state index contributed by atoms with van der Waals surface area (Å²) in [5, 5.41) is 19.5. The molecule has 8 nitrogen and oxygen atoms in total. The van der Waals surface area contributed by atoms with Crippen molar-refractivity contribution in [2.45, 2.75) is 53.6 Å². The minimum atomic E-state index is -1.31. The summed E-state index contributed by atoms with van der Waals surface area (Å²) in [6.07, 6.45) is 2.11. The van der Waals surface area contributed by atoms with Crippen LogP contribution in [0.4, 0.5) is 0 Å². The lowest BCUT2D eigenvalue weighted by Crippen LogP contribution is -2.42. The molecule has 0 aromatic heterocycles. The zero-order chi connectivity index (χ0) is 22.7. The smallest absolute Gasteiger partial charge is 0.340 e. The number of benzene rings is 1. The molecule has 0 saturated carbocycles. The molecule has 1 heterocycles. The Balaban J connectivity index is 2.68. The number of hydrogen-bond donors (Lipinski definition) is 2. The number of nitrogens with zero attached hydrogens (tertiary/aromatic N) is 1. The Morgan fingerprint density at radius 1 is 1.20 bits per heavy atom. The van der Waals surface area contributed by atoms with Crippen LogP contribution in [0, 0.1) is 12.8 Å². The van der Waals surface area contributed by atoms with E-state index >= 15 is 0 Å². The normalized spacial score (nSPS) is 13.8. The van der Waals surface area contributed by atoms with Gasteiger partial charge in [-0.05, 0) is 39.2 Å².